The molecule has 1 aromatic heterocycles. The van der Waals surface area contributed by atoms with Gasteiger partial charge in [0.05, 0.1) is 0 Å². The molecule has 2 heteroatoms. The van der Waals surface area contributed by atoms with E-state index in [0.717, 1.165) is 22.5 Å². The summed E-state index contributed by atoms with van der Waals surface area (Å²) in [4.78, 5) is 0. The monoisotopic (exact) mass is 761 g/mol. The number of hydrogen-bond donors (Lipinski definition) is 1. The molecule has 286 valence electrons. The lowest BCUT2D eigenvalue weighted by Crippen LogP contribution is -2.14. The van der Waals surface area contributed by atoms with Crippen molar-refractivity contribution in [2.45, 2.75) is 58.3 Å². The molecule has 0 fully saturated rings. The molecule has 0 radical (unpaired) electrons. The highest BCUT2D eigenvalue weighted by atomic mass is 16.3. The molecule has 1 N–H and O–H groups in total. The summed E-state index contributed by atoms with van der Waals surface area (Å²) < 4.78 is 6.58. The second-order valence-corrected chi connectivity index (χ2v) is 18.0. The van der Waals surface area contributed by atoms with Crippen LogP contribution in [0.1, 0.15) is 75.3 Å². The zero-order valence-electron chi connectivity index (χ0n) is 34.6. The molecule has 8 aromatic carbocycles. The number of anilines is 2. The van der Waals surface area contributed by atoms with Gasteiger partial charge in [-0.05, 0) is 121 Å². The quantitative estimate of drug-likeness (QED) is 0.183. The first kappa shape index (κ1) is 35.5. The van der Waals surface area contributed by atoms with Crippen LogP contribution in [-0.2, 0) is 10.8 Å². The molecule has 0 saturated heterocycles. The Bertz CT molecular complexity index is 3160. The third-order valence-corrected chi connectivity index (χ3v) is 13.5. The van der Waals surface area contributed by atoms with Crippen molar-refractivity contribution in [1.29, 1.82) is 0 Å². The highest BCUT2D eigenvalue weighted by Crippen LogP contribution is 2.54. The van der Waals surface area contributed by atoms with Gasteiger partial charge in [0, 0.05) is 44.1 Å². The largest absolute Gasteiger partial charge is 0.455 e. The summed E-state index contributed by atoms with van der Waals surface area (Å²) in [6, 6.07) is 60.6. The van der Waals surface area contributed by atoms with Crippen molar-refractivity contribution in [3.63, 3.8) is 0 Å². The summed E-state index contributed by atoms with van der Waals surface area (Å²) in [5.74, 6) is 0.343. The number of fused-ring (bicyclic) bond motifs is 10. The molecule has 1 heterocycles. The lowest BCUT2D eigenvalue weighted by molar-refractivity contribution is 0.653. The zero-order chi connectivity index (χ0) is 40.2. The van der Waals surface area contributed by atoms with Crippen LogP contribution in [0.5, 0.6) is 0 Å². The highest BCUT2D eigenvalue weighted by Gasteiger charge is 2.38. The third kappa shape index (κ3) is 5.39. The van der Waals surface area contributed by atoms with Crippen LogP contribution >= 0.6 is 0 Å². The second-order valence-electron chi connectivity index (χ2n) is 18.0. The summed E-state index contributed by atoms with van der Waals surface area (Å²) in [5.41, 5.74) is 23.1. The molecule has 0 atom stereocenters. The van der Waals surface area contributed by atoms with E-state index in [9.17, 15) is 0 Å². The van der Waals surface area contributed by atoms with Crippen LogP contribution in [0.2, 0.25) is 0 Å². The first-order valence-electron chi connectivity index (χ1n) is 21.0. The van der Waals surface area contributed by atoms with Gasteiger partial charge in [0.2, 0.25) is 0 Å². The van der Waals surface area contributed by atoms with Gasteiger partial charge in [-0.2, -0.15) is 0 Å². The Kier molecular flexibility index (Phi) is 7.79. The van der Waals surface area contributed by atoms with E-state index in [1.165, 1.54) is 94.2 Å². The first-order valence-corrected chi connectivity index (χ1v) is 21.0. The molecule has 0 aliphatic heterocycles. The number of rotatable bonds is 6. The topological polar surface area (TPSA) is 25.2 Å². The molecule has 2 aliphatic rings. The predicted octanol–water partition coefficient (Wildman–Crippen LogP) is 16.1. The summed E-state index contributed by atoms with van der Waals surface area (Å²) in [5, 5.41) is 6.21. The molecule has 59 heavy (non-hydrogen) atoms. The first-order chi connectivity index (χ1) is 28.6. The van der Waals surface area contributed by atoms with Gasteiger partial charge in [-0.1, -0.05) is 163 Å². The van der Waals surface area contributed by atoms with Crippen LogP contribution in [0.15, 0.2) is 168 Å². The van der Waals surface area contributed by atoms with Crippen LogP contribution in [0, 0.1) is 0 Å². The van der Waals surface area contributed by atoms with Crippen molar-refractivity contribution in [3.05, 3.63) is 192 Å². The lowest BCUT2D eigenvalue weighted by Gasteiger charge is -2.23. The number of para-hydroxylation sites is 2. The maximum Gasteiger partial charge on any atom is 0.143 e. The standard InChI is InChI=1S/C57H47NO/c1-34(2)40-24-20-35(36-21-25-42-41-16-10-12-18-48(41)56(3,4)50(42)31-36)30-47(40)43-26-22-38(33-52(43)58-39-14-8-7-9-15-39)37-23-27-46-51(32-37)57(5,6)49-29-28-45-44-17-11-13-19-53(44)59-55(45)54(46)49/h7-34,58H,1-6H3. The number of furan rings is 1. The highest BCUT2D eigenvalue weighted by molar-refractivity contribution is 6.12. The Balaban J connectivity index is 1.04. The number of nitrogens with one attached hydrogen (secondary N) is 1. The van der Waals surface area contributed by atoms with E-state index in [0.29, 0.717) is 5.92 Å². The minimum atomic E-state index is -0.179. The van der Waals surface area contributed by atoms with Crippen LogP contribution < -0.4 is 5.32 Å². The fourth-order valence-electron chi connectivity index (χ4n) is 10.3. The molecular weight excluding hydrogens is 715 g/mol. The van der Waals surface area contributed by atoms with Crippen LogP contribution in [0.3, 0.4) is 0 Å². The fraction of sp³-hybridized carbons (Fsp3) is 0.158. The summed E-state index contributed by atoms with van der Waals surface area (Å²) in [6.45, 7) is 14.0. The van der Waals surface area contributed by atoms with E-state index in [1.54, 1.807) is 0 Å². The normalized spacial score (nSPS) is 14.4. The summed E-state index contributed by atoms with van der Waals surface area (Å²) in [6.07, 6.45) is 0. The van der Waals surface area contributed by atoms with E-state index >= 15 is 0 Å². The van der Waals surface area contributed by atoms with E-state index in [4.69, 9.17) is 4.42 Å². The van der Waals surface area contributed by atoms with Gasteiger partial charge in [-0.3, -0.25) is 0 Å². The summed E-state index contributed by atoms with van der Waals surface area (Å²) in [7, 11) is 0. The summed E-state index contributed by atoms with van der Waals surface area (Å²) >= 11 is 0. The molecule has 0 amide bonds. The Morgan fingerprint density at radius 2 is 1.03 bits per heavy atom. The number of benzene rings is 8. The van der Waals surface area contributed by atoms with Crippen molar-refractivity contribution in [1.82, 2.24) is 0 Å². The lowest BCUT2D eigenvalue weighted by atomic mass is 9.81. The molecular formula is C57H47NO. The van der Waals surface area contributed by atoms with Crippen LogP contribution in [-0.4, -0.2) is 0 Å². The van der Waals surface area contributed by atoms with E-state index in [2.05, 4.69) is 211 Å². The van der Waals surface area contributed by atoms with E-state index in [1.807, 2.05) is 0 Å². The van der Waals surface area contributed by atoms with E-state index < -0.39 is 0 Å². The molecule has 2 aliphatic carbocycles. The van der Waals surface area contributed by atoms with Gasteiger partial charge >= 0.3 is 0 Å². The van der Waals surface area contributed by atoms with Crippen LogP contribution in [0.25, 0.3) is 77.6 Å². The van der Waals surface area contributed by atoms with Gasteiger partial charge < -0.3 is 9.73 Å². The third-order valence-electron chi connectivity index (χ3n) is 13.5. The van der Waals surface area contributed by atoms with Gasteiger partial charge in [-0.15, -0.1) is 0 Å². The Hall–Kier alpha value is -6.64. The minimum Gasteiger partial charge on any atom is -0.455 e. The average Bonchev–Trinajstić information content (AvgIpc) is 3.83. The van der Waals surface area contributed by atoms with Gasteiger partial charge in [-0.25, -0.2) is 0 Å². The maximum atomic E-state index is 6.58. The molecule has 2 nitrogen and oxygen atoms in total. The van der Waals surface area contributed by atoms with Gasteiger partial charge in [0.15, 0.2) is 0 Å². The molecule has 11 rings (SSSR count). The van der Waals surface area contributed by atoms with E-state index in [-0.39, 0.29) is 10.8 Å². The Morgan fingerprint density at radius 1 is 0.441 bits per heavy atom. The predicted molar refractivity (Wildman–Crippen MR) is 249 cm³/mol. The van der Waals surface area contributed by atoms with Crippen molar-refractivity contribution in [3.8, 4) is 55.6 Å². The van der Waals surface area contributed by atoms with Crippen molar-refractivity contribution < 1.29 is 4.42 Å². The van der Waals surface area contributed by atoms with Gasteiger partial charge in [0.1, 0.15) is 11.2 Å². The molecule has 0 saturated carbocycles. The molecule has 0 unspecified atom stereocenters. The molecule has 9 aromatic rings. The van der Waals surface area contributed by atoms with Crippen molar-refractivity contribution in [2.75, 3.05) is 5.32 Å². The Morgan fingerprint density at radius 3 is 1.81 bits per heavy atom. The Labute approximate surface area is 347 Å². The maximum absolute atomic E-state index is 6.58. The second kappa shape index (κ2) is 12.9. The SMILES string of the molecule is CC(C)c1ccc(-c2ccc3c(c2)C(C)(C)c2ccccc2-3)cc1-c1ccc(-c2ccc3c(c2)C(C)(C)c2ccc4c(oc5ccccc54)c2-3)cc1Nc1ccccc1. The molecule has 0 bridgehead atoms. The average molecular weight is 762 g/mol. The van der Waals surface area contributed by atoms with Crippen LogP contribution in [0.4, 0.5) is 11.4 Å². The minimum absolute atomic E-state index is 0.0551. The van der Waals surface area contributed by atoms with Crippen molar-refractivity contribution in [2.24, 2.45) is 0 Å². The van der Waals surface area contributed by atoms with Gasteiger partial charge in [0.25, 0.3) is 0 Å². The smallest absolute Gasteiger partial charge is 0.143 e. The fourth-order valence-corrected chi connectivity index (χ4v) is 10.3. The number of hydrogen-bond acceptors (Lipinski definition) is 2. The zero-order valence-corrected chi connectivity index (χ0v) is 34.6. The van der Waals surface area contributed by atoms with Crippen molar-refractivity contribution >= 4 is 33.3 Å². The molecule has 0 spiro atoms.